The van der Waals surface area contributed by atoms with E-state index in [2.05, 4.69) is 37.3 Å². The van der Waals surface area contributed by atoms with Gasteiger partial charge in [-0.15, -0.1) is 0 Å². The molecule has 102 valence electrons. The zero-order valence-corrected chi connectivity index (χ0v) is 11.6. The van der Waals surface area contributed by atoms with E-state index in [1.165, 1.54) is 21.4 Å². The monoisotopic (exact) mass is 259 g/mol. The van der Waals surface area contributed by atoms with Gasteiger partial charge >= 0.3 is 0 Å². The van der Waals surface area contributed by atoms with Gasteiger partial charge in [-0.2, -0.15) is 5.06 Å². The van der Waals surface area contributed by atoms with Crippen molar-refractivity contribution in [3.8, 4) is 5.75 Å². The van der Waals surface area contributed by atoms with Crippen molar-refractivity contribution < 1.29 is 9.94 Å². The van der Waals surface area contributed by atoms with Gasteiger partial charge in [-0.3, -0.25) is 0 Å². The standard InChI is InChI=1S/C16H21NO2/c1-3-11-19-15-8-7-13-5-4-6-14(16(13)12-15)9-10-17(2)18/h4-8,12,18H,3,9-11H2,1-2H3. The average molecular weight is 259 g/mol. The molecule has 0 heterocycles. The van der Waals surface area contributed by atoms with Crippen LogP contribution in [0.25, 0.3) is 10.8 Å². The van der Waals surface area contributed by atoms with Crippen molar-refractivity contribution in [2.24, 2.45) is 0 Å². The number of benzene rings is 2. The summed E-state index contributed by atoms with van der Waals surface area (Å²) in [5, 5.41) is 12.9. The molecule has 0 fully saturated rings. The second-order valence-corrected chi connectivity index (χ2v) is 4.78. The molecular formula is C16H21NO2. The number of likely N-dealkylation sites (N-methyl/N-ethyl adjacent to an activating group) is 1. The molecule has 0 aliphatic rings. The molecule has 3 nitrogen and oxygen atoms in total. The van der Waals surface area contributed by atoms with Crippen LogP contribution in [0.5, 0.6) is 5.75 Å². The number of hydroxylamine groups is 2. The first kappa shape index (κ1) is 13.8. The molecule has 2 rings (SSSR count). The molecule has 0 aliphatic carbocycles. The van der Waals surface area contributed by atoms with Gasteiger partial charge in [-0.25, -0.2) is 0 Å². The summed E-state index contributed by atoms with van der Waals surface area (Å²) in [7, 11) is 1.67. The zero-order chi connectivity index (χ0) is 13.7. The first-order valence-electron chi connectivity index (χ1n) is 6.75. The molecule has 0 amide bonds. The summed E-state index contributed by atoms with van der Waals surface area (Å²) < 4.78 is 5.68. The van der Waals surface area contributed by atoms with E-state index >= 15 is 0 Å². The summed E-state index contributed by atoms with van der Waals surface area (Å²) in [5.41, 5.74) is 1.24. The van der Waals surface area contributed by atoms with E-state index in [0.717, 1.165) is 25.2 Å². The third kappa shape index (κ3) is 3.69. The van der Waals surface area contributed by atoms with E-state index in [9.17, 15) is 5.21 Å². The topological polar surface area (TPSA) is 32.7 Å². The smallest absolute Gasteiger partial charge is 0.119 e. The summed E-state index contributed by atoms with van der Waals surface area (Å²) in [6.07, 6.45) is 1.83. The fraction of sp³-hybridized carbons (Fsp3) is 0.375. The normalized spacial score (nSPS) is 11.2. The van der Waals surface area contributed by atoms with E-state index in [4.69, 9.17) is 4.74 Å². The van der Waals surface area contributed by atoms with Crippen LogP contribution in [0.2, 0.25) is 0 Å². The van der Waals surface area contributed by atoms with Crippen LogP contribution in [0.4, 0.5) is 0 Å². The Morgan fingerprint density at radius 2 is 2.05 bits per heavy atom. The first-order chi connectivity index (χ1) is 9.20. The van der Waals surface area contributed by atoms with E-state index in [1.807, 2.05) is 6.07 Å². The molecule has 2 aromatic rings. The van der Waals surface area contributed by atoms with Gasteiger partial charge in [0.05, 0.1) is 6.61 Å². The predicted molar refractivity (Wildman–Crippen MR) is 77.9 cm³/mol. The van der Waals surface area contributed by atoms with Gasteiger partial charge in [0.2, 0.25) is 0 Å². The Balaban J connectivity index is 2.29. The number of rotatable bonds is 6. The molecule has 0 saturated carbocycles. The predicted octanol–water partition coefficient (Wildman–Crippen LogP) is 3.49. The highest BCUT2D eigenvalue weighted by molar-refractivity contribution is 5.87. The zero-order valence-electron chi connectivity index (χ0n) is 11.6. The maximum absolute atomic E-state index is 9.27. The Kier molecular flexibility index (Phi) is 4.77. The lowest BCUT2D eigenvalue weighted by atomic mass is 10.0. The SMILES string of the molecule is CCCOc1ccc2cccc(CCN(C)O)c2c1. The number of fused-ring (bicyclic) bond motifs is 1. The number of ether oxygens (including phenoxy) is 1. The quantitative estimate of drug-likeness (QED) is 0.806. The summed E-state index contributed by atoms with van der Waals surface area (Å²) in [6, 6.07) is 12.5. The Bertz CT molecular complexity index is 537. The van der Waals surface area contributed by atoms with Crippen LogP contribution in [-0.2, 0) is 6.42 Å². The van der Waals surface area contributed by atoms with Crippen molar-refractivity contribution >= 4 is 10.8 Å². The molecule has 0 aromatic heterocycles. The largest absolute Gasteiger partial charge is 0.494 e. The fourth-order valence-electron chi connectivity index (χ4n) is 2.13. The second-order valence-electron chi connectivity index (χ2n) is 4.78. The fourth-order valence-corrected chi connectivity index (χ4v) is 2.13. The van der Waals surface area contributed by atoms with Crippen LogP contribution in [0.3, 0.4) is 0 Å². The summed E-state index contributed by atoms with van der Waals surface area (Å²) >= 11 is 0. The highest BCUT2D eigenvalue weighted by atomic mass is 16.5. The molecule has 19 heavy (non-hydrogen) atoms. The Morgan fingerprint density at radius 1 is 1.21 bits per heavy atom. The highest BCUT2D eigenvalue weighted by Crippen LogP contribution is 2.24. The van der Waals surface area contributed by atoms with Gasteiger partial charge in [0.15, 0.2) is 0 Å². The third-order valence-corrected chi connectivity index (χ3v) is 3.12. The minimum Gasteiger partial charge on any atom is -0.494 e. The van der Waals surface area contributed by atoms with E-state index in [0.29, 0.717) is 6.54 Å². The van der Waals surface area contributed by atoms with Gasteiger partial charge in [0.1, 0.15) is 5.75 Å². The number of nitrogens with zero attached hydrogens (tertiary/aromatic N) is 1. The highest BCUT2D eigenvalue weighted by Gasteiger charge is 2.04. The summed E-state index contributed by atoms with van der Waals surface area (Å²) in [5.74, 6) is 0.916. The molecule has 0 atom stereocenters. The van der Waals surface area contributed by atoms with Crippen molar-refractivity contribution in [2.45, 2.75) is 19.8 Å². The third-order valence-electron chi connectivity index (χ3n) is 3.12. The molecule has 0 saturated heterocycles. The summed E-state index contributed by atoms with van der Waals surface area (Å²) in [6.45, 7) is 3.47. The van der Waals surface area contributed by atoms with E-state index in [-0.39, 0.29) is 0 Å². The summed E-state index contributed by atoms with van der Waals surface area (Å²) in [4.78, 5) is 0. The van der Waals surface area contributed by atoms with Crippen molar-refractivity contribution in [3.63, 3.8) is 0 Å². The van der Waals surface area contributed by atoms with Gasteiger partial charge in [0.25, 0.3) is 0 Å². The van der Waals surface area contributed by atoms with Crippen molar-refractivity contribution in [2.75, 3.05) is 20.2 Å². The molecule has 1 N–H and O–H groups in total. The van der Waals surface area contributed by atoms with Crippen LogP contribution in [-0.4, -0.2) is 30.5 Å². The van der Waals surface area contributed by atoms with E-state index in [1.54, 1.807) is 7.05 Å². The minimum absolute atomic E-state index is 0.624. The van der Waals surface area contributed by atoms with E-state index < -0.39 is 0 Å². The van der Waals surface area contributed by atoms with Crippen LogP contribution in [0, 0.1) is 0 Å². The van der Waals surface area contributed by atoms with Crippen LogP contribution < -0.4 is 4.74 Å². The van der Waals surface area contributed by atoms with Crippen LogP contribution in [0.1, 0.15) is 18.9 Å². The molecule has 2 aromatic carbocycles. The van der Waals surface area contributed by atoms with Gasteiger partial charge in [-0.1, -0.05) is 31.2 Å². The molecule has 0 aliphatic heterocycles. The van der Waals surface area contributed by atoms with Crippen molar-refractivity contribution in [1.82, 2.24) is 5.06 Å². The first-order valence-corrected chi connectivity index (χ1v) is 6.75. The molecular weight excluding hydrogens is 238 g/mol. The lowest BCUT2D eigenvalue weighted by Gasteiger charge is -2.11. The number of hydrogen-bond acceptors (Lipinski definition) is 3. The van der Waals surface area contributed by atoms with Crippen LogP contribution >= 0.6 is 0 Å². The van der Waals surface area contributed by atoms with Gasteiger partial charge in [-0.05, 0) is 41.3 Å². The van der Waals surface area contributed by atoms with Crippen LogP contribution in [0.15, 0.2) is 36.4 Å². The molecule has 0 radical (unpaired) electrons. The lowest BCUT2D eigenvalue weighted by Crippen LogP contribution is -2.16. The maximum Gasteiger partial charge on any atom is 0.119 e. The molecule has 3 heteroatoms. The Labute approximate surface area is 114 Å². The second kappa shape index (κ2) is 6.55. The van der Waals surface area contributed by atoms with Crippen molar-refractivity contribution in [3.05, 3.63) is 42.0 Å². The Morgan fingerprint density at radius 3 is 2.79 bits per heavy atom. The molecule has 0 unspecified atom stereocenters. The minimum atomic E-state index is 0.624. The molecule has 0 spiro atoms. The van der Waals surface area contributed by atoms with Gasteiger partial charge in [0, 0.05) is 13.6 Å². The van der Waals surface area contributed by atoms with Crippen molar-refractivity contribution in [1.29, 1.82) is 0 Å². The van der Waals surface area contributed by atoms with Gasteiger partial charge < -0.3 is 9.94 Å². The average Bonchev–Trinajstić information content (AvgIpc) is 2.42. The maximum atomic E-state index is 9.27. The number of hydrogen-bond donors (Lipinski definition) is 1. The Hall–Kier alpha value is -1.58. The lowest BCUT2D eigenvalue weighted by molar-refractivity contribution is -0.0633. The molecule has 0 bridgehead atoms.